The van der Waals surface area contributed by atoms with E-state index in [-0.39, 0.29) is 41.4 Å². The molecule has 0 saturated heterocycles. The zero-order valence-corrected chi connectivity index (χ0v) is 43.9. The zero-order chi connectivity index (χ0) is 51.2. The summed E-state index contributed by atoms with van der Waals surface area (Å²) in [5.41, 5.74) is 10.4. The second-order valence-corrected chi connectivity index (χ2v) is 20.7. The highest BCUT2D eigenvalue weighted by atomic mass is 35.5. The molecule has 0 spiro atoms. The van der Waals surface area contributed by atoms with Crippen LogP contribution in [0.2, 0.25) is 5.02 Å². The average molecular weight is 1010 g/mol. The van der Waals surface area contributed by atoms with Crippen LogP contribution >= 0.6 is 23.6 Å². The van der Waals surface area contributed by atoms with E-state index in [9.17, 15) is 14.4 Å². The van der Waals surface area contributed by atoms with Gasteiger partial charge in [0.15, 0.2) is 5.71 Å². The third-order valence-electron chi connectivity index (χ3n) is 14.2. The lowest BCUT2D eigenvalue weighted by Gasteiger charge is -2.25. The van der Waals surface area contributed by atoms with Crippen molar-refractivity contribution in [3.8, 4) is 5.75 Å². The van der Waals surface area contributed by atoms with Gasteiger partial charge in [-0.05, 0) is 129 Å². The smallest absolute Gasteiger partial charge is 0.262 e. The largest absolute Gasteiger partial charge is 0.497 e. The van der Waals surface area contributed by atoms with Gasteiger partial charge in [-0.2, -0.15) is 8.91 Å². The molecular formula is C59H65ClN5O6S+. The Kier molecular flexibility index (Phi) is 16.3. The summed E-state index contributed by atoms with van der Waals surface area (Å²) < 4.78 is 13.8. The second-order valence-electron chi connectivity index (χ2n) is 19.5. The average Bonchev–Trinajstić information content (AvgIpc) is 3.86. The van der Waals surface area contributed by atoms with Crippen LogP contribution in [0, 0.1) is 6.92 Å². The number of nitrogens with one attached hydrogen (secondary N) is 2. The van der Waals surface area contributed by atoms with Crippen molar-refractivity contribution in [2.45, 2.75) is 84.5 Å². The summed E-state index contributed by atoms with van der Waals surface area (Å²) in [6.07, 6.45) is 13.6. The summed E-state index contributed by atoms with van der Waals surface area (Å²) >= 11 is 7.17. The van der Waals surface area contributed by atoms with Gasteiger partial charge in [-0.3, -0.25) is 19.0 Å². The first-order valence-electron chi connectivity index (χ1n) is 24.8. The van der Waals surface area contributed by atoms with Gasteiger partial charge < -0.3 is 20.3 Å². The van der Waals surface area contributed by atoms with Crippen molar-refractivity contribution < 1.29 is 33.3 Å². The van der Waals surface area contributed by atoms with Gasteiger partial charge in [-0.15, -0.1) is 0 Å². The van der Waals surface area contributed by atoms with Gasteiger partial charge in [0.1, 0.15) is 12.3 Å². The molecule has 6 aromatic rings. The minimum absolute atomic E-state index is 0.0760. The standard InChI is InChI=1S/C59H64ClN5O6S/c1-8-63-50-28-21-40(36-54(66)61-31-16-32-62-55(67)38-46-39(2)65(49-30-27-44(70-7)37-47(46)49)57(68)42-22-25-43(60)26-23-42)35-48(50)58(3,4)52(63)19-10-9-11-20-53-59(5,6)56-45-18-13-12-17-41(45)24-29-51(56)64(53)33-14-15-34-72-71-69/h9-13,17-30,35,37H,8,14-16,31-34,36,38H2,1-7H3,(H2-,61,62,66,67,69)/p+1. The fraction of sp³-hybridized carbons (Fsp3) is 0.322. The summed E-state index contributed by atoms with van der Waals surface area (Å²) in [7, 11) is 1.59. The second kappa shape index (κ2) is 22.5. The van der Waals surface area contributed by atoms with Crippen molar-refractivity contribution in [2.24, 2.45) is 0 Å². The molecule has 3 heterocycles. The monoisotopic (exact) mass is 1010 g/mol. The van der Waals surface area contributed by atoms with E-state index in [4.69, 9.17) is 21.6 Å². The van der Waals surface area contributed by atoms with Crippen LogP contribution in [-0.2, 0) is 37.6 Å². The predicted molar refractivity (Wildman–Crippen MR) is 293 cm³/mol. The molecule has 0 fully saturated rings. The normalized spacial score (nSPS) is 15.3. The number of aromatic nitrogens is 1. The summed E-state index contributed by atoms with van der Waals surface area (Å²) in [6, 6.07) is 31.7. The minimum atomic E-state index is -0.295. The van der Waals surface area contributed by atoms with Crippen LogP contribution in [0.15, 0.2) is 133 Å². The molecule has 0 unspecified atom stereocenters. The Morgan fingerprint density at radius 2 is 1.57 bits per heavy atom. The molecule has 3 N–H and O–H groups in total. The molecule has 0 bridgehead atoms. The van der Waals surface area contributed by atoms with Gasteiger partial charge in [0.2, 0.25) is 17.5 Å². The maximum Gasteiger partial charge on any atom is 0.262 e. The number of hydrogen-bond donors (Lipinski definition) is 3. The van der Waals surface area contributed by atoms with Crippen molar-refractivity contribution in [3.63, 3.8) is 0 Å². The Morgan fingerprint density at radius 1 is 0.819 bits per heavy atom. The third kappa shape index (κ3) is 10.7. The number of ether oxygens (including phenoxy) is 1. The van der Waals surface area contributed by atoms with E-state index in [1.54, 1.807) is 42.0 Å². The highest BCUT2D eigenvalue weighted by molar-refractivity contribution is 7.94. The van der Waals surface area contributed by atoms with E-state index in [1.165, 1.54) is 39.0 Å². The van der Waals surface area contributed by atoms with Gasteiger partial charge in [0.05, 0.1) is 30.9 Å². The highest BCUT2D eigenvalue weighted by Gasteiger charge is 2.45. The number of methoxy groups -OCH3 is 1. The molecule has 11 nitrogen and oxygen atoms in total. The summed E-state index contributed by atoms with van der Waals surface area (Å²) in [5.74, 6) is 0.884. The van der Waals surface area contributed by atoms with Crippen molar-refractivity contribution >= 4 is 80.1 Å². The van der Waals surface area contributed by atoms with Crippen LogP contribution in [0.25, 0.3) is 21.7 Å². The number of nitrogens with zero attached hydrogens (tertiary/aromatic N) is 3. The molecule has 5 aromatic carbocycles. The van der Waals surface area contributed by atoms with Crippen LogP contribution in [0.3, 0.4) is 0 Å². The molecule has 0 radical (unpaired) electrons. The lowest BCUT2D eigenvalue weighted by molar-refractivity contribution is -0.438. The van der Waals surface area contributed by atoms with Crippen LogP contribution in [0.5, 0.6) is 5.75 Å². The number of carbonyl (C=O) groups is 3. The molecule has 2 aliphatic heterocycles. The molecule has 0 aliphatic carbocycles. The minimum Gasteiger partial charge on any atom is -0.497 e. The summed E-state index contributed by atoms with van der Waals surface area (Å²) in [5, 5.41) is 18.7. The summed E-state index contributed by atoms with van der Waals surface area (Å²) in [4.78, 5) is 42.6. The number of carbonyl (C=O) groups excluding carboxylic acids is 3. The first-order chi connectivity index (χ1) is 34.7. The molecule has 1 aromatic heterocycles. The Labute approximate surface area is 432 Å². The molecule has 8 rings (SSSR count). The lowest BCUT2D eigenvalue weighted by Crippen LogP contribution is -2.31. The lowest BCUT2D eigenvalue weighted by atomic mass is 9.79. The van der Waals surface area contributed by atoms with E-state index in [0.717, 1.165) is 65.9 Å². The number of anilines is 1. The van der Waals surface area contributed by atoms with Gasteiger partial charge in [0, 0.05) is 100 Å². The van der Waals surface area contributed by atoms with Crippen molar-refractivity contribution in [1.29, 1.82) is 0 Å². The van der Waals surface area contributed by atoms with Crippen molar-refractivity contribution in [2.75, 3.05) is 43.9 Å². The summed E-state index contributed by atoms with van der Waals surface area (Å²) in [6.45, 7) is 15.6. The first kappa shape index (κ1) is 51.9. The Morgan fingerprint density at radius 3 is 2.31 bits per heavy atom. The van der Waals surface area contributed by atoms with E-state index < -0.39 is 0 Å². The van der Waals surface area contributed by atoms with Gasteiger partial charge in [0.25, 0.3) is 5.91 Å². The number of rotatable bonds is 20. The van der Waals surface area contributed by atoms with Gasteiger partial charge >= 0.3 is 0 Å². The first-order valence-corrected chi connectivity index (χ1v) is 26.1. The number of hydrogen-bond acceptors (Lipinski definition) is 8. The van der Waals surface area contributed by atoms with Gasteiger partial charge in [-0.25, -0.2) is 5.26 Å². The molecule has 2 amide bonds. The number of likely N-dealkylation sites (N-methyl/N-ethyl adjacent to an activating group) is 1. The number of amides is 2. The predicted octanol–water partition coefficient (Wildman–Crippen LogP) is 12.0. The number of halogens is 1. The highest BCUT2D eigenvalue weighted by Crippen LogP contribution is 2.48. The topological polar surface area (TPSA) is 125 Å². The fourth-order valence-corrected chi connectivity index (χ4v) is 11.1. The van der Waals surface area contributed by atoms with Gasteiger partial charge in [-0.1, -0.05) is 80.1 Å². The fourth-order valence-electron chi connectivity index (χ4n) is 10.6. The third-order valence-corrected chi connectivity index (χ3v) is 15.0. The van der Waals surface area contributed by atoms with E-state index in [0.29, 0.717) is 47.1 Å². The van der Waals surface area contributed by atoms with Crippen LogP contribution < -0.4 is 20.3 Å². The van der Waals surface area contributed by atoms with Crippen LogP contribution in [0.1, 0.15) is 92.2 Å². The quantitative estimate of drug-likeness (QED) is 0.0172. The molecule has 13 heteroatoms. The van der Waals surface area contributed by atoms with Crippen LogP contribution in [0.4, 0.5) is 11.4 Å². The molecule has 0 saturated carbocycles. The molecular weight excluding hydrogens is 942 g/mol. The van der Waals surface area contributed by atoms with Crippen LogP contribution in [-0.4, -0.2) is 76.9 Å². The van der Waals surface area contributed by atoms with Crippen molar-refractivity contribution in [3.05, 3.63) is 172 Å². The number of unbranched alkanes of at least 4 members (excludes halogenated alkanes) is 1. The molecule has 72 heavy (non-hydrogen) atoms. The number of allylic oxidation sites excluding steroid dienone is 6. The number of benzene rings is 5. The zero-order valence-electron chi connectivity index (χ0n) is 42.3. The Bertz CT molecular complexity index is 3150. The Hall–Kier alpha value is -6.44. The molecule has 0 atom stereocenters. The maximum atomic E-state index is 13.7. The van der Waals surface area contributed by atoms with E-state index in [1.807, 2.05) is 25.1 Å². The molecule has 2 aliphatic rings. The number of fused-ring (bicyclic) bond motifs is 5. The SMILES string of the molecule is CCN1\C(=C/C=C/C=C/C2=[N+](CCCCSOO)c3ccc4ccccc4c3C2(C)C)C(C)(C)c2cc(CC(=O)NCCCNC(=O)Cc3c(C)n(C(=O)c4ccc(Cl)cc4)c4ccc(OC)cc34)ccc21. The molecule has 374 valence electrons. The maximum absolute atomic E-state index is 13.7. The van der Waals surface area contributed by atoms with E-state index in [2.05, 4.69) is 138 Å². The van der Waals surface area contributed by atoms with E-state index >= 15 is 0 Å². The van der Waals surface area contributed by atoms with Crippen molar-refractivity contribution in [1.82, 2.24) is 15.2 Å². The Balaban J connectivity index is 0.872.